The van der Waals surface area contributed by atoms with E-state index in [0.29, 0.717) is 0 Å². The molecule has 0 fully saturated rings. The van der Waals surface area contributed by atoms with Crippen LogP contribution in [0.3, 0.4) is 0 Å². The maximum absolute atomic E-state index is 3.49. The van der Waals surface area contributed by atoms with Crippen LogP contribution in [0, 0.1) is 0 Å². The van der Waals surface area contributed by atoms with Crippen LogP contribution in [0.4, 0.5) is 0 Å². The molecule has 0 N–H and O–H groups in total. The maximum Gasteiger partial charge on any atom is 0.0181 e. The van der Waals surface area contributed by atoms with Crippen molar-refractivity contribution in [2.45, 2.75) is 20.3 Å². The van der Waals surface area contributed by atoms with Crippen LogP contribution in [0.1, 0.15) is 25.8 Å². The van der Waals surface area contributed by atoms with Gasteiger partial charge in [0.25, 0.3) is 0 Å². The number of hydrogen-bond acceptors (Lipinski definition) is 0. The molecule has 0 nitrogen and oxygen atoms in total. The second-order valence-electron chi connectivity index (χ2n) is 4.10. The smallest absolute Gasteiger partial charge is 0.0181 e. The van der Waals surface area contributed by atoms with Crippen molar-refractivity contribution in [2.24, 2.45) is 0 Å². The third-order valence-electron chi connectivity index (χ3n) is 2.80. The van der Waals surface area contributed by atoms with E-state index in [9.17, 15) is 0 Å². The molecule has 0 radical (unpaired) electrons. The molecule has 16 heavy (non-hydrogen) atoms. The maximum atomic E-state index is 3.49. The number of fused-ring (bicyclic) bond motifs is 1. The highest BCUT2D eigenvalue weighted by molar-refractivity contribution is 9.10. The number of benzene rings is 2. The number of hydrogen-bond donors (Lipinski definition) is 0. The molecule has 0 unspecified atom stereocenters. The van der Waals surface area contributed by atoms with E-state index in [1.54, 1.807) is 0 Å². The van der Waals surface area contributed by atoms with Gasteiger partial charge < -0.3 is 0 Å². The zero-order valence-corrected chi connectivity index (χ0v) is 11.2. The van der Waals surface area contributed by atoms with Gasteiger partial charge in [-0.05, 0) is 47.9 Å². The lowest BCUT2D eigenvalue weighted by molar-refractivity contribution is 1.11. The summed E-state index contributed by atoms with van der Waals surface area (Å²) in [5.74, 6) is 0. The Balaban J connectivity index is 2.48. The Kier molecular flexibility index (Phi) is 3.45. The molecule has 0 aromatic heterocycles. The number of allylic oxidation sites excluding steroid dienone is 1. The minimum atomic E-state index is 1.11. The van der Waals surface area contributed by atoms with Crippen molar-refractivity contribution in [3.8, 4) is 0 Å². The fraction of sp³-hybridized carbons (Fsp3) is 0.200. The molecular weight excluding hydrogens is 260 g/mol. The third-order valence-corrected chi connectivity index (χ3v) is 3.29. The van der Waals surface area contributed by atoms with Gasteiger partial charge in [-0.3, -0.25) is 0 Å². The van der Waals surface area contributed by atoms with Gasteiger partial charge >= 0.3 is 0 Å². The molecular formula is C15H15Br. The van der Waals surface area contributed by atoms with E-state index < -0.39 is 0 Å². The molecule has 0 heterocycles. The first-order chi connectivity index (χ1) is 7.69. The highest BCUT2D eigenvalue weighted by Gasteiger charge is 1.96. The van der Waals surface area contributed by atoms with Crippen LogP contribution < -0.4 is 0 Å². The Morgan fingerprint density at radius 1 is 1.12 bits per heavy atom. The van der Waals surface area contributed by atoms with E-state index in [-0.39, 0.29) is 0 Å². The highest BCUT2D eigenvalue weighted by Crippen LogP contribution is 2.22. The van der Waals surface area contributed by atoms with Crippen molar-refractivity contribution >= 4 is 32.8 Å². The SMILES string of the molecule is CCC(C)=Cc1ccc2cc(Br)ccc2c1. The molecule has 2 aromatic carbocycles. The van der Waals surface area contributed by atoms with Crippen LogP contribution in [0.15, 0.2) is 46.4 Å². The molecule has 0 bridgehead atoms. The van der Waals surface area contributed by atoms with Crippen LogP contribution in [0.2, 0.25) is 0 Å². The fourth-order valence-corrected chi connectivity index (χ4v) is 2.09. The van der Waals surface area contributed by atoms with Crippen LogP contribution in [0.25, 0.3) is 16.8 Å². The largest absolute Gasteiger partial charge is 0.0730 e. The molecule has 0 saturated carbocycles. The molecule has 0 atom stereocenters. The van der Waals surface area contributed by atoms with Gasteiger partial charge in [-0.15, -0.1) is 0 Å². The minimum Gasteiger partial charge on any atom is -0.0730 e. The molecule has 2 rings (SSSR count). The average Bonchev–Trinajstić information content (AvgIpc) is 2.29. The molecule has 82 valence electrons. The predicted octanol–water partition coefficient (Wildman–Crippen LogP) is 5.42. The summed E-state index contributed by atoms with van der Waals surface area (Å²) in [7, 11) is 0. The zero-order valence-electron chi connectivity index (χ0n) is 9.63. The van der Waals surface area contributed by atoms with Crippen molar-refractivity contribution in [2.75, 3.05) is 0 Å². The summed E-state index contributed by atoms with van der Waals surface area (Å²) in [6.45, 7) is 4.36. The first-order valence-electron chi connectivity index (χ1n) is 5.55. The number of rotatable bonds is 2. The van der Waals surface area contributed by atoms with Crippen molar-refractivity contribution in [1.29, 1.82) is 0 Å². The quantitative estimate of drug-likeness (QED) is 0.686. The second kappa shape index (κ2) is 4.84. The van der Waals surface area contributed by atoms with Gasteiger partial charge in [-0.2, -0.15) is 0 Å². The Morgan fingerprint density at radius 3 is 2.56 bits per heavy atom. The van der Waals surface area contributed by atoms with E-state index in [1.807, 2.05) is 0 Å². The van der Waals surface area contributed by atoms with Crippen molar-refractivity contribution in [3.63, 3.8) is 0 Å². The molecule has 0 saturated heterocycles. The lowest BCUT2D eigenvalue weighted by atomic mass is 10.0. The standard InChI is InChI=1S/C15H15Br/c1-3-11(2)8-12-4-5-14-10-15(16)7-6-13(14)9-12/h4-10H,3H2,1-2H3. The molecule has 1 heteroatoms. The van der Waals surface area contributed by atoms with E-state index in [1.165, 1.54) is 21.9 Å². The average molecular weight is 275 g/mol. The lowest BCUT2D eigenvalue weighted by Crippen LogP contribution is -1.78. The molecule has 0 spiro atoms. The van der Waals surface area contributed by atoms with Crippen molar-refractivity contribution in [3.05, 3.63) is 52.0 Å². The summed E-state index contributed by atoms with van der Waals surface area (Å²) in [6.07, 6.45) is 3.36. The first-order valence-corrected chi connectivity index (χ1v) is 6.35. The monoisotopic (exact) mass is 274 g/mol. The van der Waals surface area contributed by atoms with Crippen molar-refractivity contribution in [1.82, 2.24) is 0 Å². The summed E-state index contributed by atoms with van der Waals surface area (Å²) in [4.78, 5) is 0. The summed E-state index contributed by atoms with van der Waals surface area (Å²) in [6, 6.07) is 13.0. The summed E-state index contributed by atoms with van der Waals surface area (Å²) in [5, 5.41) is 2.57. The van der Waals surface area contributed by atoms with Gasteiger partial charge in [0.05, 0.1) is 0 Å². The third kappa shape index (κ3) is 2.53. The van der Waals surface area contributed by atoms with Gasteiger partial charge in [0.1, 0.15) is 0 Å². The van der Waals surface area contributed by atoms with Gasteiger partial charge in [-0.25, -0.2) is 0 Å². The topological polar surface area (TPSA) is 0 Å². The second-order valence-corrected chi connectivity index (χ2v) is 5.01. The highest BCUT2D eigenvalue weighted by atomic mass is 79.9. The van der Waals surface area contributed by atoms with Gasteiger partial charge in [0, 0.05) is 4.47 Å². The van der Waals surface area contributed by atoms with Crippen LogP contribution in [-0.4, -0.2) is 0 Å². The van der Waals surface area contributed by atoms with Gasteiger partial charge in [-0.1, -0.05) is 52.7 Å². The Hall–Kier alpha value is -1.08. The van der Waals surface area contributed by atoms with Crippen LogP contribution >= 0.6 is 15.9 Å². The van der Waals surface area contributed by atoms with Crippen LogP contribution in [0.5, 0.6) is 0 Å². The molecule has 2 aromatic rings. The van der Waals surface area contributed by atoms with Crippen LogP contribution in [-0.2, 0) is 0 Å². The van der Waals surface area contributed by atoms with Gasteiger partial charge in [0.15, 0.2) is 0 Å². The van der Waals surface area contributed by atoms with E-state index in [2.05, 4.69) is 72.3 Å². The van der Waals surface area contributed by atoms with Crippen molar-refractivity contribution < 1.29 is 0 Å². The van der Waals surface area contributed by atoms with E-state index in [4.69, 9.17) is 0 Å². The molecule has 0 amide bonds. The molecule has 0 aliphatic rings. The van der Waals surface area contributed by atoms with E-state index >= 15 is 0 Å². The fourth-order valence-electron chi connectivity index (χ4n) is 1.71. The zero-order chi connectivity index (χ0) is 11.5. The minimum absolute atomic E-state index is 1.11. The molecule has 0 aliphatic heterocycles. The normalized spacial score (nSPS) is 12.1. The summed E-state index contributed by atoms with van der Waals surface area (Å²) >= 11 is 3.49. The van der Waals surface area contributed by atoms with Gasteiger partial charge in [0.2, 0.25) is 0 Å². The summed E-state index contributed by atoms with van der Waals surface area (Å²) < 4.78 is 1.13. The summed E-state index contributed by atoms with van der Waals surface area (Å²) in [5.41, 5.74) is 2.70. The molecule has 0 aliphatic carbocycles. The first kappa shape index (κ1) is 11.4. The Labute approximate surface area is 105 Å². The lowest BCUT2D eigenvalue weighted by Gasteiger charge is -2.02. The number of halogens is 1. The Morgan fingerprint density at radius 2 is 1.81 bits per heavy atom. The van der Waals surface area contributed by atoms with E-state index in [0.717, 1.165) is 10.9 Å². The Bertz CT molecular complexity index is 538. The predicted molar refractivity (Wildman–Crippen MR) is 75.6 cm³/mol.